The van der Waals surface area contributed by atoms with Crippen LogP contribution in [0.15, 0.2) is 36.5 Å². The number of methoxy groups -OCH3 is 1. The number of aromatic amines is 1. The molecule has 4 rings (SSSR count). The zero-order valence-electron chi connectivity index (χ0n) is 15.1. The second-order valence-electron chi connectivity index (χ2n) is 6.50. The van der Waals surface area contributed by atoms with Gasteiger partial charge in [0.25, 0.3) is 11.8 Å². The number of ether oxygens (including phenoxy) is 1. The summed E-state index contributed by atoms with van der Waals surface area (Å²) < 4.78 is 6.72. The van der Waals surface area contributed by atoms with E-state index >= 15 is 0 Å². The molecule has 3 aromatic rings. The second kappa shape index (κ2) is 7.24. The summed E-state index contributed by atoms with van der Waals surface area (Å²) in [5.74, 6) is -0.255. The van der Waals surface area contributed by atoms with E-state index in [1.54, 1.807) is 22.8 Å². The Labute approximate surface area is 156 Å². The molecule has 1 aromatic carbocycles. The summed E-state index contributed by atoms with van der Waals surface area (Å²) >= 11 is 0. The van der Waals surface area contributed by atoms with Gasteiger partial charge >= 0.3 is 0 Å². The van der Waals surface area contributed by atoms with E-state index in [0.717, 1.165) is 16.6 Å². The van der Waals surface area contributed by atoms with Gasteiger partial charge in [-0.25, -0.2) is 0 Å². The van der Waals surface area contributed by atoms with Crippen LogP contribution in [0, 0.1) is 0 Å². The van der Waals surface area contributed by atoms with Crippen molar-refractivity contribution in [3.63, 3.8) is 0 Å². The van der Waals surface area contributed by atoms with E-state index in [0.29, 0.717) is 44.0 Å². The monoisotopic (exact) mass is 367 g/mol. The summed E-state index contributed by atoms with van der Waals surface area (Å²) in [6.07, 6.45) is 1.86. The first-order valence-corrected chi connectivity index (χ1v) is 8.86. The molecule has 27 heavy (non-hydrogen) atoms. The number of H-pyrrole nitrogens is 1. The molecule has 0 aliphatic carbocycles. The predicted octanol–water partition coefficient (Wildman–Crippen LogP) is 1.40. The highest BCUT2D eigenvalue weighted by molar-refractivity contribution is 5.98. The first-order valence-electron chi connectivity index (χ1n) is 8.86. The number of nitrogens with zero attached hydrogens (tertiary/aromatic N) is 3. The maximum absolute atomic E-state index is 12.9. The molecular formula is C19H21N5O3. The summed E-state index contributed by atoms with van der Waals surface area (Å²) in [6, 6.07) is 9.38. The second-order valence-corrected chi connectivity index (χ2v) is 6.50. The Hall–Kier alpha value is -3.13. The van der Waals surface area contributed by atoms with Crippen molar-refractivity contribution >= 4 is 22.7 Å². The molecule has 0 fully saturated rings. The zero-order valence-corrected chi connectivity index (χ0v) is 15.1. The van der Waals surface area contributed by atoms with Crippen LogP contribution in [0.2, 0.25) is 0 Å². The molecule has 2 amide bonds. The zero-order chi connectivity index (χ0) is 18.8. The van der Waals surface area contributed by atoms with Gasteiger partial charge in [0.2, 0.25) is 0 Å². The number of amides is 2. The number of carbonyl (C=O) groups excluding carboxylic acids is 2. The molecule has 0 unspecified atom stereocenters. The molecule has 0 spiro atoms. The van der Waals surface area contributed by atoms with Crippen LogP contribution in [0.4, 0.5) is 0 Å². The number of benzene rings is 1. The molecule has 8 nitrogen and oxygen atoms in total. The number of rotatable bonds is 5. The number of carbonyl (C=O) groups is 2. The Morgan fingerprint density at radius 2 is 2.15 bits per heavy atom. The van der Waals surface area contributed by atoms with Crippen molar-refractivity contribution < 1.29 is 14.3 Å². The summed E-state index contributed by atoms with van der Waals surface area (Å²) in [6.45, 7) is 2.44. The van der Waals surface area contributed by atoms with Gasteiger partial charge < -0.3 is 19.9 Å². The van der Waals surface area contributed by atoms with Crippen molar-refractivity contribution in [1.82, 2.24) is 25.0 Å². The van der Waals surface area contributed by atoms with E-state index in [-0.39, 0.29) is 11.8 Å². The molecule has 0 saturated carbocycles. The number of nitrogens with one attached hydrogen (secondary N) is 2. The Kier molecular flexibility index (Phi) is 4.64. The van der Waals surface area contributed by atoms with Gasteiger partial charge in [0.1, 0.15) is 0 Å². The molecule has 1 aliphatic rings. The van der Waals surface area contributed by atoms with Gasteiger partial charge in [0.05, 0.1) is 25.4 Å². The minimum absolute atomic E-state index is 0.0231. The summed E-state index contributed by atoms with van der Waals surface area (Å²) in [5.41, 5.74) is 2.81. The van der Waals surface area contributed by atoms with Crippen molar-refractivity contribution in [3.05, 3.63) is 53.5 Å². The molecule has 2 N–H and O–H groups in total. The fourth-order valence-corrected chi connectivity index (χ4v) is 3.27. The lowest BCUT2D eigenvalue weighted by Crippen LogP contribution is -2.38. The highest BCUT2D eigenvalue weighted by atomic mass is 16.5. The standard InChI is InChI=1S/C19H21N5O3/c1-27-9-6-21-18(25)17-11-15-12-23(7-8-24(15)22-17)19(26)14-3-2-13-4-5-20-16(13)10-14/h2-5,10-11,20H,6-9,12H2,1H3,(H,21,25). The van der Waals surface area contributed by atoms with Crippen molar-refractivity contribution in [1.29, 1.82) is 0 Å². The molecule has 8 heteroatoms. The minimum atomic E-state index is -0.232. The smallest absolute Gasteiger partial charge is 0.271 e. The van der Waals surface area contributed by atoms with Gasteiger partial charge in [0.15, 0.2) is 5.69 Å². The van der Waals surface area contributed by atoms with Gasteiger partial charge in [0, 0.05) is 37.5 Å². The molecule has 140 valence electrons. The fraction of sp³-hybridized carbons (Fsp3) is 0.316. The van der Waals surface area contributed by atoms with Crippen LogP contribution in [0.3, 0.4) is 0 Å². The van der Waals surface area contributed by atoms with Crippen LogP contribution >= 0.6 is 0 Å². The molecule has 1 aliphatic heterocycles. The van der Waals surface area contributed by atoms with E-state index in [1.807, 2.05) is 30.5 Å². The lowest BCUT2D eigenvalue weighted by Gasteiger charge is -2.27. The lowest BCUT2D eigenvalue weighted by atomic mass is 10.1. The highest BCUT2D eigenvalue weighted by Crippen LogP contribution is 2.19. The van der Waals surface area contributed by atoms with E-state index in [2.05, 4.69) is 15.4 Å². The fourth-order valence-electron chi connectivity index (χ4n) is 3.27. The van der Waals surface area contributed by atoms with Gasteiger partial charge in [-0.1, -0.05) is 6.07 Å². The summed E-state index contributed by atoms with van der Waals surface area (Å²) in [7, 11) is 1.58. The van der Waals surface area contributed by atoms with Gasteiger partial charge in [-0.15, -0.1) is 0 Å². The van der Waals surface area contributed by atoms with E-state index in [9.17, 15) is 9.59 Å². The van der Waals surface area contributed by atoms with Crippen LogP contribution in [0.1, 0.15) is 26.5 Å². The van der Waals surface area contributed by atoms with Crippen LogP contribution < -0.4 is 5.32 Å². The van der Waals surface area contributed by atoms with E-state index < -0.39 is 0 Å². The summed E-state index contributed by atoms with van der Waals surface area (Å²) in [4.78, 5) is 29.9. The largest absolute Gasteiger partial charge is 0.383 e. The van der Waals surface area contributed by atoms with E-state index in [4.69, 9.17) is 4.74 Å². The van der Waals surface area contributed by atoms with Crippen molar-refractivity contribution in [3.8, 4) is 0 Å². The highest BCUT2D eigenvalue weighted by Gasteiger charge is 2.24. The first-order chi connectivity index (χ1) is 13.2. The van der Waals surface area contributed by atoms with Gasteiger partial charge in [-0.2, -0.15) is 5.10 Å². The third-order valence-electron chi connectivity index (χ3n) is 4.71. The molecule has 3 heterocycles. The normalized spacial score (nSPS) is 13.6. The SMILES string of the molecule is COCCNC(=O)c1cc2n(n1)CCN(C(=O)c1ccc3cc[nH]c3c1)C2. The molecule has 0 bridgehead atoms. The number of aromatic nitrogens is 3. The Morgan fingerprint density at radius 1 is 1.26 bits per heavy atom. The maximum atomic E-state index is 12.9. The van der Waals surface area contributed by atoms with E-state index in [1.165, 1.54) is 0 Å². The molecular weight excluding hydrogens is 346 g/mol. The molecule has 2 aromatic heterocycles. The van der Waals surface area contributed by atoms with Crippen molar-refractivity contribution in [2.45, 2.75) is 13.1 Å². The van der Waals surface area contributed by atoms with Crippen LogP contribution in [0.25, 0.3) is 10.9 Å². The molecule has 0 saturated heterocycles. The van der Waals surface area contributed by atoms with Crippen LogP contribution in [-0.2, 0) is 17.8 Å². The number of hydrogen-bond acceptors (Lipinski definition) is 4. The Morgan fingerprint density at radius 3 is 3.00 bits per heavy atom. The van der Waals surface area contributed by atoms with Crippen molar-refractivity contribution in [2.24, 2.45) is 0 Å². The third-order valence-corrected chi connectivity index (χ3v) is 4.71. The van der Waals surface area contributed by atoms with Gasteiger partial charge in [-0.05, 0) is 29.7 Å². The number of hydrogen-bond donors (Lipinski definition) is 2. The third kappa shape index (κ3) is 3.43. The minimum Gasteiger partial charge on any atom is -0.383 e. The Balaban J connectivity index is 1.47. The predicted molar refractivity (Wildman–Crippen MR) is 99.5 cm³/mol. The quantitative estimate of drug-likeness (QED) is 0.667. The van der Waals surface area contributed by atoms with Crippen LogP contribution in [0.5, 0.6) is 0 Å². The van der Waals surface area contributed by atoms with Crippen LogP contribution in [-0.4, -0.2) is 58.3 Å². The molecule has 0 radical (unpaired) electrons. The number of fused-ring (bicyclic) bond motifs is 2. The average Bonchev–Trinajstić information content (AvgIpc) is 3.32. The Bertz CT molecular complexity index is 990. The van der Waals surface area contributed by atoms with Gasteiger partial charge in [-0.3, -0.25) is 14.3 Å². The average molecular weight is 367 g/mol. The first kappa shape index (κ1) is 17.3. The summed E-state index contributed by atoms with van der Waals surface area (Å²) in [5, 5.41) is 8.19. The maximum Gasteiger partial charge on any atom is 0.271 e. The lowest BCUT2D eigenvalue weighted by molar-refractivity contribution is 0.0705. The topological polar surface area (TPSA) is 92.2 Å². The molecule has 0 atom stereocenters. The van der Waals surface area contributed by atoms with Crippen molar-refractivity contribution in [2.75, 3.05) is 26.8 Å².